The Bertz CT molecular complexity index is 681. The first-order valence-electron chi connectivity index (χ1n) is 6.39. The van der Waals surface area contributed by atoms with Gasteiger partial charge in [-0.1, -0.05) is 24.3 Å². The Morgan fingerprint density at radius 3 is 2.23 bits per heavy atom. The number of carboxylic acid groups (broad SMARTS) is 2. The van der Waals surface area contributed by atoms with Crippen molar-refractivity contribution in [2.75, 3.05) is 7.11 Å². The van der Waals surface area contributed by atoms with Gasteiger partial charge in [0, 0.05) is 11.6 Å². The molecule has 0 amide bonds. The summed E-state index contributed by atoms with van der Waals surface area (Å²) in [4.78, 5) is 22.4. The van der Waals surface area contributed by atoms with Crippen molar-refractivity contribution in [3.8, 4) is 17.2 Å². The third-order valence-electron chi connectivity index (χ3n) is 2.99. The number of hydrogen-bond donors (Lipinski definition) is 2. The molecule has 114 valence electrons. The molecule has 6 heteroatoms. The highest BCUT2D eigenvalue weighted by atomic mass is 16.5. The molecule has 0 saturated carbocycles. The predicted molar refractivity (Wildman–Crippen MR) is 77.5 cm³/mol. The fourth-order valence-electron chi connectivity index (χ4n) is 1.98. The second-order valence-corrected chi connectivity index (χ2v) is 4.43. The zero-order chi connectivity index (χ0) is 16.1. The smallest absolute Gasteiger partial charge is 0.322 e. The molecule has 0 aromatic heterocycles. The number of para-hydroxylation sites is 1. The maximum Gasteiger partial charge on any atom is 0.322 e. The highest BCUT2D eigenvalue weighted by molar-refractivity contribution is 5.99. The first-order chi connectivity index (χ1) is 10.5. The molecule has 22 heavy (non-hydrogen) atoms. The fraction of sp³-hybridized carbons (Fsp3) is 0.125. The van der Waals surface area contributed by atoms with E-state index in [1.807, 2.05) is 0 Å². The first kappa shape index (κ1) is 15.4. The van der Waals surface area contributed by atoms with E-state index in [0.29, 0.717) is 11.5 Å². The normalized spacial score (nSPS) is 10.3. The van der Waals surface area contributed by atoms with Crippen LogP contribution in [0.25, 0.3) is 0 Å². The van der Waals surface area contributed by atoms with Crippen molar-refractivity contribution >= 4 is 11.9 Å². The standard InChI is InChI=1S/C16H14O6/c1-21-10-5-4-6-11(9-10)22-13-8-3-2-7-12(13)14(15(17)18)16(19)20/h2-9,14H,1H3,(H,17,18)(H,19,20). The molecular weight excluding hydrogens is 288 g/mol. The Morgan fingerprint density at radius 1 is 0.955 bits per heavy atom. The van der Waals surface area contributed by atoms with Crippen molar-refractivity contribution in [2.24, 2.45) is 0 Å². The predicted octanol–water partition coefficient (Wildman–Crippen LogP) is 2.74. The van der Waals surface area contributed by atoms with Crippen molar-refractivity contribution in [3.05, 3.63) is 54.1 Å². The van der Waals surface area contributed by atoms with Crippen LogP contribution in [0, 0.1) is 0 Å². The lowest BCUT2D eigenvalue weighted by atomic mass is 9.98. The lowest BCUT2D eigenvalue weighted by Crippen LogP contribution is -2.21. The van der Waals surface area contributed by atoms with E-state index >= 15 is 0 Å². The molecule has 0 bridgehead atoms. The van der Waals surface area contributed by atoms with Crippen LogP contribution in [-0.4, -0.2) is 29.3 Å². The molecule has 0 aliphatic heterocycles. The molecule has 6 nitrogen and oxygen atoms in total. The summed E-state index contributed by atoms with van der Waals surface area (Å²) in [5.74, 6) is -3.43. The van der Waals surface area contributed by atoms with Gasteiger partial charge in [-0.15, -0.1) is 0 Å². The van der Waals surface area contributed by atoms with Crippen LogP contribution in [0.3, 0.4) is 0 Å². The molecule has 2 N–H and O–H groups in total. The third kappa shape index (κ3) is 3.35. The number of ether oxygens (including phenoxy) is 2. The second-order valence-electron chi connectivity index (χ2n) is 4.43. The minimum absolute atomic E-state index is 0.0744. The first-order valence-corrected chi connectivity index (χ1v) is 6.39. The van der Waals surface area contributed by atoms with Gasteiger partial charge >= 0.3 is 11.9 Å². The van der Waals surface area contributed by atoms with Crippen LogP contribution in [0.15, 0.2) is 48.5 Å². The van der Waals surface area contributed by atoms with Crippen LogP contribution >= 0.6 is 0 Å². The summed E-state index contributed by atoms with van der Waals surface area (Å²) >= 11 is 0. The summed E-state index contributed by atoms with van der Waals surface area (Å²) < 4.78 is 10.7. The van der Waals surface area contributed by atoms with E-state index < -0.39 is 17.9 Å². The number of hydrogen-bond acceptors (Lipinski definition) is 4. The van der Waals surface area contributed by atoms with E-state index in [9.17, 15) is 9.59 Å². The Labute approximate surface area is 126 Å². The number of aliphatic carboxylic acids is 2. The number of benzene rings is 2. The van der Waals surface area contributed by atoms with Gasteiger partial charge in [-0.2, -0.15) is 0 Å². The average Bonchev–Trinajstić information content (AvgIpc) is 2.48. The van der Waals surface area contributed by atoms with Crippen LogP contribution in [0.1, 0.15) is 11.5 Å². The van der Waals surface area contributed by atoms with E-state index in [-0.39, 0.29) is 11.3 Å². The molecule has 0 atom stereocenters. The summed E-state index contributed by atoms with van der Waals surface area (Å²) in [5.41, 5.74) is 0.0744. The van der Waals surface area contributed by atoms with Gasteiger partial charge in [0.05, 0.1) is 7.11 Å². The van der Waals surface area contributed by atoms with Crippen LogP contribution in [0.4, 0.5) is 0 Å². The molecule has 0 unspecified atom stereocenters. The summed E-state index contributed by atoms with van der Waals surface area (Å²) in [7, 11) is 1.51. The minimum atomic E-state index is -1.69. The summed E-state index contributed by atoms with van der Waals surface area (Å²) in [6.45, 7) is 0. The highest BCUT2D eigenvalue weighted by Crippen LogP contribution is 2.32. The minimum Gasteiger partial charge on any atom is -0.497 e. The van der Waals surface area contributed by atoms with E-state index in [2.05, 4.69) is 0 Å². The molecule has 2 aromatic rings. The lowest BCUT2D eigenvalue weighted by molar-refractivity contribution is -0.150. The van der Waals surface area contributed by atoms with Gasteiger partial charge < -0.3 is 19.7 Å². The molecule has 2 rings (SSSR count). The van der Waals surface area contributed by atoms with Crippen LogP contribution in [-0.2, 0) is 9.59 Å². The van der Waals surface area contributed by atoms with E-state index in [1.54, 1.807) is 36.4 Å². The molecular formula is C16H14O6. The Morgan fingerprint density at radius 2 is 1.59 bits per heavy atom. The Hall–Kier alpha value is -3.02. The fourth-order valence-corrected chi connectivity index (χ4v) is 1.98. The van der Waals surface area contributed by atoms with Crippen molar-refractivity contribution in [1.29, 1.82) is 0 Å². The molecule has 0 heterocycles. The highest BCUT2D eigenvalue weighted by Gasteiger charge is 2.30. The third-order valence-corrected chi connectivity index (χ3v) is 2.99. The topological polar surface area (TPSA) is 93.1 Å². The SMILES string of the molecule is COc1cccc(Oc2ccccc2C(C(=O)O)C(=O)O)c1. The largest absolute Gasteiger partial charge is 0.497 e. The molecule has 0 aliphatic rings. The lowest BCUT2D eigenvalue weighted by Gasteiger charge is -2.14. The van der Waals surface area contributed by atoms with Crippen molar-refractivity contribution in [1.82, 2.24) is 0 Å². The van der Waals surface area contributed by atoms with Crippen molar-refractivity contribution in [3.63, 3.8) is 0 Å². The molecule has 0 fully saturated rings. The van der Waals surface area contributed by atoms with Gasteiger partial charge in [-0.05, 0) is 18.2 Å². The van der Waals surface area contributed by atoms with Gasteiger partial charge in [-0.25, -0.2) is 0 Å². The maximum atomic E-state index is 11.2. The monoisotopic (exact) mass is 302 g/mol. The van der Waals surface area contributed by atoms with Gasteiger partial charge in [0.15, 0.2) is 5.92 Å². The molecule has 0 radical (unpaired) electrons. The summed E-state index contributed by atoms with van der Waals surface area (Å²) in [6, 6.07) is 12.9. The van der Waals surface area contributed by atoms with Crippen LogP contribution < -0.4 is 9.47 Å². The van der Waals surface area contributed by atoms with Gasteiger partial charge in [0.2, 0.25) is 0 Å². The van der Waals surface area contributed by atoms with Crippen LogP contribution in [0.5, 0.6) is 17.2 Å². The summed E-state index contributed by atoms with van der Waals surface area (Å²) in [6.07, 6.45) is 0. The van der Waals surface area contributed by atoms with E-state index in [4.69, 9.17) is 19.7 Å². The zero-order valence-corrected chi connectivity index (χ0v) is 11.7. The van der Waals surface area contributed by atoms with Gasteiger partial charge in [0.25, 0.3) is 0 Å². The Balaban J connectivity index is 2.39. The molecule has 0 aliphatic carbocycles. The number of methoxy groups -OCH3 is 1. The molecule has 0 saturated heterocycles. The van der Waals surface area contributed by atoms with E-state index in [0.717, 1.165) is 0 Å². The molecule has 2 aromatic carbocycles. The zero-order valence-electron chi connectivity index (χ0n) is 11.7. The second kappa shape index (κ2) is 6.62. The summed E-state index contributed by atoms with van der Waals surface area (Å²) in [5, 5.41) is 18.2. The number of carboxylic acids is 2. The quantitative estimate of drug-likeness (QED) is 0.797. The van der Waals surface area contributed by atoms with E-state index in [1.165, 1.54) is 19.2 Å². The van der Waals surface area contributed by atoms with Gasteiger partial charge in [-0.3, -0.25) is 9.59 Å². The maximum absolute atomic E-state index is 11.2. The van der Waals surface area contributed by atoms with Crippen LogP contribution in [0.2, 0.25) is 0 Å². The average molecular weight is 302 g/mol. The van der Waals surface area contributed by atoms with Crippen molar-refractivity contribution in [2.45, 2.75) is 5.92 Å². The van der Waals surface area contributed by atoms with Crippen molar-refractivity contribution < 1.29 is 29.3 Å². The Kier molecular flexibility index (Phi) is 4.63. The number of rotatable bonds is 6. The number of carbonyl (C=O) groups is 2. The van der Waals surface area contributed by atoms with Gasteiger partial charge in [0.1, 0.15) is 17.2 Å². The molecule has 0 spiro atoms.